The van der Waals surface area contributed by atoms with Crippen molar-refractivity contribution in [3.63, 3.8) is 0 Å². The molecule has 13 rings (SSSR count). The number of thiophene rings is 1. The van der Waals surface area contributed by atoms with Crippen LogP contribution in [0.2, 0.25) is 5.02 Å². The second-order valence-corrected chi connectivity index (χ2v) is 29.3. The first-order chi connectivity index (χ1) is 42.1. The lowest BCUT2D eigenvalue weighted by molar-refractivity contribution is 0.590. The molecule has 0 radical (unpaired) electrons. The summed E-state index contributed by atoms with van der Waals surface area (Å²) in [5.41, 5.74) is 19.7. The highest BCUT2D eigenvalue weighted by Crippen LogP contribution is 2.55. The van der Waals surface area contributed by atoms with Crippen molar-refractivity contribution in [2.45, 2.75) is 105 Å². The Kier molecular flexibility index (Phi) is 14.9. The number of fused-ring (bicyclic) bond motifs is 7. The van der Waals surface area contributed by atoms with Crippen molar-refractivity contribution >= 4 is 99.5 Å². The van der Waals surface area contributed by atoms with Crippen LogP contribution in [0.3, 0.4) is 0 Å². The van der Waals surface area contributed by atoms with Gasteiger partial charge in [-0.05, 0) is 159 Å². The van der Waals surface area contributed by atoms with Crippen LogP contribution in [0.1, 0.15) is 105 Å². The molecule has 0 saturated carbocycles. The van der Waals surface area contributed by atoms with Crippen molar-refractivity contribution in [2.75, 3.05) is 9.80 Å². The van der Waals surface area contributed by atoms with Crippen LogP contribution in [-0.2, 0) is 21.7 Å². The number of hydrogen-bond donors (Lipinski definition) is 0. The number of rotatable bonds is 10. The summed E-state index contributed by atoms with van der Waals surface area (Å²) in [6.45, 7) is 27.6. The molecule has 0 spiro atoms. The molecule has 0 bridgehead atoms. The van der Waals surface area contributed by atoms with E-state index < -0.39 is 0 Å². The first-order valence-electron chi connectivity index (χ1n) is 31.0. The zero-order valence-electron chi connectivity index (χ0n) is 52.9. The SMILES string of the molecule is CC(C)(C)c1ccc(-c2cccc(-c3ccc(C(C)(C)C)cc3)c2N(c2cccc(N(c3ccc(-c4ccccc4)cc3)c3ccc(C(C)(C)C)cc3-c3ccc4c5ccccc5c5ccccc5c4c3)c2Cl)c2csc3ccc(C(C)(C)C)cc23)cc1. The summed E-state index contributed by atoms with van der Waals surface area (Å²) in [5.74, 6) is 0. The summed E-state index contributed by atoms with van der Waals surface area (Å²) in [6.07, 6.45) is 0. The van der Waals surface area contributed by atoms with Gasteiger partial charge in [-0.25, -0.2) is 0 Å². The molecule has 0 amide bonds. The van der Waals surface area contributed by atoms with E-state index >= 15 is 0 Å². The predicted molar refractivity (Wildman–Crippen MR) is 385 cm³/mol. The summed E-state index contributed by atoms with van der Waals surface area (Å²) in [7, 11) is 0. The van der Waals surface area contributed by atoms with Crippen molar-refractivity contribution in [3.05, 3.63) is 275 Å². The molecule has 12 aromatic carbocycles. The average molecular weight is 1180 g/mol. The number of para-hydroxylation sites is 1. The highest BCUT2D eigenvalue weighted by Gasteiger charge is 2.31. The molecule has 2 nitrogen and oxygen atoms in total. The lowest BCUT2D eigenvalue weighted by Crippen LogP contribution is -2.17. The van der Waals surface area contributed by atoms with Crippen molar-refractivity contribution in [1.82, 2.24) is 0 Å². The highest BCUT2D eigenvalue weighted by molar-refractivity contribution is 7.17. The molecule has 0 N–H and O–H groups in total. The lowest BCUT2D eigenvalue weighted by atomic mass is 9.84. The molecule has 0 aliphatic carbocycles. The van der Waals surface area contributed by atoms with E-state index in [9.17, 15) is 0 Å². The zero-order valence-corrected chi connectivity index (χ0v) is 54.4. The number of hydrogen-bond acceptors (Lipinski definition) is 3. The fourth-order valence-electron chi connectivity index (χ4n) is 12.8. The van der Waals surface area contributed by atoms with E-state index in [-0.39, 0.29) is 21.7 Å². The van der Waals surface area contributed by atoms with Gasteiger partial charge in [0.2, 0.25) is 0 Å². The molecule has 0 fully saturated rings. The minimum atomic E-state index is -0.144. The Morgan fingerprint density at radius 1 is 0.284 bits per heavy atom. The Balaban J connectivity index is 1.11. The van der Waals surface area contributed by atoms with Crippen molar-refractivity contribution in [2.24, 2.45) is 0 Å². The minimum Gasteiger partial charge on any atom is -0.308 e. The second-order valence-electron chi connectivity index (χ2n) is 28.0. The lowest BCUT2D eigenvalue weighted by Gasteiger charge is -2.34. The maximum Gasteiger partial charge on any atom is 0.0887 e. The van der Waals surface area contributed by atoms with Gasteiger partial charge in [0.05, 0.1) is 33.5 Å². The third-order valence-electron chi connectivity index (χ3n) is 17.9. The van der Waals surface area contributed by atoms with Crippen molar-refractivity contribution in [3.8, 4) is 44.5 Å². The van der Waals surface area contributed by atoms with Crippen molar-refractivity contribution < 1.29 is 0 Å². The normalized spacial score (nSPS) is 12.4. The molecular formula is C84H77ClN2S. The van der Waals surface area contributed by atoms with Gasteiger partial charge in [-0.2, -0.15) is 0 Å². The van der Waals surface area contributed by atoms with E-state index in [1.807, 2.05) is 0 Å². The molecule has 1 aromatic heterocycles. The Morgan fingerprint density at radius 2 is 0.716 bits per heavy atom. The Hall–Kier alpha value is -8.73. The topological polar surface area (TPSA) is 6.48 Å². The minimum absolute atomic E-state index is 0.0173. The fraction of sp³-hybridized carbons (Fsp3) is 0.190. The number of benzene rings is 12. The Morgan fingerprint density at radius 3 is 1.26 bits per heavy atom. The maximum absolute atomic E-state index is 8.61. The Labute approximate surface area is 530 Å². The smallest absolute Gasteiger partial charge is 0.0887 e. The van der Waals surface area contributed by atoms with Crippen LogP contribution < -0.4 is 9.80 Å². The van der Waals surface area contributed by atoms with Gasteiger partial charge in [-0.3, -0.25) is 0 Å². The van der Waals surface area contributed by atoms with Gasteiger partial charge in [0.1, 0.15) is 0 Å². The fourth-order valence-corrected chi connectivity index (χ4v) is 14.0. The third kappa shape index (κ3) is 10.9. The van der Waals surface area contributed by atoms with Gasteiger partial charge in [0, 0.05) is 37.8 Å². The monoisotopic (exact) mass is 1180 g/mol. The van der Waals surface area contributed by atoms with Crippen LogP contribution in [0.5, 0.6) is 0 Å². The maximum atomic E-state index is 8.61. The molecule has 13 aromatic rings. The van der Waals surface area contributed by atoms with E-state index in [0.717, 1.165) is 78.6 Å². The molecule has 436 valence electrons. The summed E-state index contributed by atoms with van der Waals surface area (Å²) in [5, 5.41) is 11.6. The molecule has 0 aliphatic rings. The number of halogens is 1. The van der Waals surface area contributed by atoms with Gasteiger partial charge in [-0.1, -0.05) is 283 Å². The van der Waals surface area contributed by atoms with Crippen LogP contribution in [0.15, 0.2) is 248 Å². The first-order valence-corrected chi connectivity index (χ1v) is 32.2. The summed E-state index contributed by atoms with van der Waals surface area (Å²) in [4.78, 5) is 4.91. The van der Waals surface area contributed by atoms with E-state index in [1.54, 1.807) is 11.3 Å². The highest BCUT2D eigenvalue weighted by atomic mass is 35.5. The molecule has 0 aliphatic heterocycles. The third-order valence-corrected chi connectivity index (χ3v) is 19.2. The molecule has 4 heteroatoms. The van der Waals surface area contributed by atoms with Gasteiger partial charge >= 0.3 is 0 Å². The molecule has 88 heavy (non-hydrogen) atoms. The van der Waals surface area contributed by atoms with Gasteiger partial charge < -0.3 is 9.80 Å². The average Bonchev–Trinajstić information content (AvgIpc) is 1.09. The van der Waals surface area contributed by atoms with Gasteiger partial charge in [-0.15, -0.1) is 11.3 Å². The van der Waals surface area contributed by atoms with Crippen LogP contribution in [0, 0.1) is 0 Å². The van der Waals surface area contributed by atoms with E-state index in [4.69, 9.17) is 11.6 Å². The summed E-state index contributed by atoms with van der Waals surface area (Å²) >= 11 is 10.4. The van der Waals surface area contributed by atoms with E-state index in [0.29, 0.717) is 5.02 Å². The standard InChI is InChI=1S/C84H77ClN2S/c1-81(2,3)59-39-32-56(33-40-59)64-28-20-29-65(57-34-41-60(42-35-57)82(4,5)6)80(64)87(77-53-88-78-49-44-62(52-73(77)78)84(10,11)12)76-31-21-30-75(79(76)85)86(63-45-36-55(37-46-63)54-22-14-13-15-23-54)74-48-43-61(83(7,8)9)51-71(74)58-38-47-70-68-26-17-16-24-66(68)67-25-18-19-27-69(67)72(70)50-58/h13-53H,1-12H3. The predicted octanol–water partition coefficient (Wildman–Crippen LogP) is 25.8. The largest absolute Gasteiger partial charge is 0.308 e. The number of anilines is 6. The van der Waals surface area contributed by atoms with E-state index in [1.165, 1.54) is 64.7 Å². The zero-order chi connectivity index (χ0) is 61.4. The van der Waals surface area contributed by atoms with E-state index in [2.05, 4.69) is 341 Å². The second kappa shape index (κ2) is 22.5. The molecular weight excluding hydrogens is 1100 g/mol. The quantitative estimate of drug-likeness (QED) is 0.126. The van der Waals surface area contributed by atoms with Crippen LogP contribution in [0.25, 0.3) is 86.9 Å². The number of nitrogens with zero attached hydrogens (tertiary/aromatic N) is 2. The summed E-state index contributed by atoms with van der Waals surface area (Å²) < 4.78 is 1.21. The van der Waals surface area contributed by atoms with Gasteiger partial charge in [0.25, 0.3) is 0 Å². The molecule has 0 unspecified atom stereocenters. The molecule has 1 heterocycles. The molecule has 0 saturated heterocycles. The molecule has 0 atom stereocenters. The van der Waals surface area contributed by atoms with Gasteiger partial charge in [0.15, 0.2) is 0 Å². The van der Waals surface area contributed by atoms with Crippen LogP contribution >= 0.6 is 22.9 Å². The van der Waals surface area contributed by atoms with Crippen LogP contribution in [0.4, 0.5) is 34.1 Å². The van der Waals surface area contributed by atoms with Crippen LogP contribution in [-0.4, -0.2) is 0 Å². The Bertz CT molecular complexity index is 4640. The first kappa shape index (κ1) is 58.3. The summed E-state index contributed by atoms with van der Waals surface area (Å²) in [6, 6.07) is 90.6. The van der Waals surface area contributed by atoms with Crippen molar-refractivity contribution in [1.29, 1.82) is 0 Å².